The van der Waals surface area contributed by atoms with Gasteiger partial charge in [0, 0.05) is 45.5 Å². The maximum absolute atomic E-state index is 12.1. The zero-order valence-electron chi connectivity index (χ0n) is 11.8. The van der Waals surface area contributed by atoms with Crippen LogP contribution in [0, 0.1) is 0 Å². The summed E-state index contributed by atoms with van der Waals surface area (Å²) in [5, 5.41) is 7.50. The average molecular weight is 265 g/mol. The number of nitrogens with zero attached hydrogens (tertiary/aromatic N) is 4. The molecule has 1 aromatic heterocycles. The summed E-state index contributed by atoms with van der Waals surface area (Å²) < 4.78 is 1.96. The number of carbonyl (C=O) groups excluding carboxylic acids is 1. The van der Waals surface area contributed by atoms with Crippen LogP contribution in [0.3, 0.4) is 0 Å². The monoisotopic (exact) mass is 265 g/mol. The molecule has 0 atom stereocenters. The van der Waals surface area contributed by atoms with Crippen molar-refractivity contribution in [3.05, 3.63) is 18.0 Å². The summed E-state index contributed by atoms with van der Waals surface area (Å²) >= 11 is 0. The number of piperazine rings is 1. The lowest BCUT2D eigenvalue weighted by Gasteiger charge is -2.29. The van der Waals surface area contributed by atoms with Crippen molar-refractivity contribution in [3.8, 4) is 0 Å². The molecule has 1 fully saturated rings. The van der Waals surface area contributed by atoms with Gasteiger partial charge in [0.1, 0.15) is 0 Å². The van der Waals surface area contributed by atoms with Crippen LogP contribution >= 0.6 is 0 Å². The van der Waals surface area contributed by atoms with Gasteiger partial charge in [0.25, 0.3) is 0 Å². The highest BCUT2D eigenvalue weighted by molar-refractivity contribution is 5.78. The number of aryl methyl sites for hydroxylation is 1. The van der Waals surface area contributed by atoms with E-state index in [1.165, 1.54) is 0 Å². The van der Waals surface area contributed by atoms with E-state index in [9.17, 15) is 4.79 Å². The predicted octanol–water partition coefficient (Wildman–Crippen LogP) is -0.233. The molecule has 1 saturated heterocycles. The zero-order valence-corrected chi connectivity index (χ0v) is 11.8. The summed E-state index contributed by atoms with van der Waals surface area (Å²) in [5.41, 5.74) is 1.15. The van der Waals surface area contributed by atoms with E-state index in [1.807, 2.05) is 33.8 Å². The van der Waals surface area contributed by atoms with E-state index in [2.05, 4.69) is 17.3 Å². The summed E-state index contributed by atoms with van der Waals surface area (Å²) in [6, 6.07) is 2.01. The molecular formula is C13H23N5O. The lowest BCUT2D eigenvalue weighted by molar-refractivity contribution is -0.132. The highest BCUT2D eigenvalue weighted by Crippen LogP contribution is 2.04. The fourth-order valence-corrected chi connectivity index (χ4v) is 2.36. The van der Waals surface area contributed by atoms with Gasteiger partial charge in [-0.15, -0.1) is 0 Å². The fraction of sp³-hybridized carbons (Fsp3) is 0.692. The van der Waals surface area contributed by atoms with Gasteiger partial charge in [0.15, 0.2) is 0 Å². The maximum Gasteiger partial charge on any atom is 0.236 e. The number of nitrogens with one attached hydrogen (secondary N) is 1. The largest absolute Gasteiger partial charge is 0.339 e. The molecule has 1 aliphatic rings. The second kappa shape index (κ2) is 6.68. The summed E-state index contributed by atoms with van der Waals surface area (Å²) in [5.74, 6) is 0.214. The van der Waals surface area contributed by atoms with E-state index < -0.39 is 0 Å². The zero-order chi connectivity index (χ0) is 13.7. The summed E-state index contributed by atoms with van der Waals surface area (Å²) in [6.07, 6.45) is 1.81. The van der Waals surface area contributed by atoms with Crippen LogP contribution in [0.25, 0.3) is 0 Å². The first-order valence-electron chi connectivity index (χ1n) is 6.88. The quantitative estimate of drug-likeness (QED) is 0.799. The number of hydrogen-bond donors (Lipinski definition) is 1. The van der Waals surface area contributed by atoms with Crippen LogP contribution in [0.5, 0.6) is 0 Å². The van der Waals surface area contributed by atoms with Gasteiger partial charge in [-0.05, 0) is 20.0 Å². The molecule has 0 aromatic carbocycles. The van der Waals surface area contributed by atoms with Gasteiger partial charge in [0.2, 0.25) is 5.91 Å². The SMILES string of the molecule is CCn1nccc1CN(C)CC(=O)N1CCNCC1. The molecule has 0 spiro atoms. The molecule has 0 radical (unpaired) electrons. The van der Waals surface area contributed by atoms with Crippen LogP contribution in [-0.2, 0) is 17.9 Å². The average Bonchev–Trinajstić information content (AvgIpc) is 2.86. The molecule has 1 aromatic rings. The topological polar surface area (TPSA) is 53.4 Å². The van der Waals surface area contributed by atoms with Crippen molar-refractivity contribution in [2.45, 2.75) is 20.0 Å². The normalized spacial score (nSPS) is 16.1. The molecule has 0 bridgehead atoms. The van der Waals surface area contributed by atoms with Crippen molar-refractivity contribution in [2.24, 2.45) is 0 Å². The predicted molar refractivity (Wildman–Crippen MR) is 73.7 cm³/mol. The molecule has 0 saturated carbocycles. The molecule has 106 valence electrons. The van der Waals surface area contributed by atoms with E-state index in [0.717, 1.165) is 45.0 Å². The summed E-state index contributed by atoms with van der Waals surface area (Å²) in [4.78, 5) is 16.1. The minimum atomic E-state index is 0.214. The first-order valence-corrected chi connectivity index (χ1v) is 6.88. The first-order chi connectivity index (χ1) is 9.20. The van der Waals surface area contributed by atoms with E-state index in [0.29, 0.717) is 6.54 Å². The van der Waals surface area contributed by atoms with Gasteiger partial charge in [-0.1, -0.05) is 0 Å². The van der Waals surface area contributed by atoms with Gasteiger partial charge in [-0.25, -0.2) is 0 Å². The molecule has 6 nitrogen and oxygen atoms in total. The Labute approximate surface area is 114 Å². The summed E-state index contributed by atoms with van der Waals surface area (Å²) in [6.45, 7) is 7.60. The standard InChI is InChI=1S/C13H23N5O/c1-3-18-12(4-5-15-18)10-16(2)11-13(19)17-8-6-14-7-9-17/h4-5,14H,3,6-11H2,1-2H3. The molecule has 2 heterocycles. The third-order valence-corrected chi connectivity index (χ3v) is 3.41. The number of hydrogen-bond acceptors (Lipinski definition) is 4. The van der Waals surface area contributed by atoms with Crippen molar-refractivity contribution in [1.82, 2.24) is 24.9 Å². The molecule has 0 aliphatic carbocycles. The number of likely N-dealkylation sites (N-methyl/N-ethyl adjacent to an activating group) is 1. The van der Waals surface area contributed by atoms with Crippen LogP contribution in [0.15, 0.2) is 12.3 Å². The van der Waals surface area contributed by atoms with E-state index in [1.54, 1.807) is 0 Å². The van der Waals surface area contributed by atoms with Crippen LogP contribution in [0.4, 0.5) is 0 Å². The Morgan fingerprint density at radius 3 is 2.89 bits per heavy atom. The van der Waals surface area contributed by atoms with E-state index in [4.69, 9.17) is 0 Å². The van der Waals surface area contributed by atoms with Crippen LogP contribution in [-0.4, -0.2) is 65.3 Å². The third-order valence-electron chi connectivity index (χ3n) is 3.41. The van der Waals surface area contributed by atoms with Crippen LogP contribution < -0.4 is 5.32 Å². The van der Waals surface area contributed by atoms with Crippen LogP contribution in [0.2, 0.25) is 0 Å². The number of rotatable bonds is 5. The molecule has 19 heavy (non-hydrogen) atoms. The Hall–Kier alpha value is -1.40. The van der Waals surface area contributed by atoms with Gasteiger partial charge in [-0.3, -0.25) is 14.4 Å². The highest BCUT2D eigenvalue weighted by Gasteiger charge is 2.18. The Balaban J connectivity index is 1.83. The van der Waals surface area contributed by atoms with Crippen molar-refractivity contribution >= 4 is 5.91 Å². The molecule has 1 amide bonds. The number of amides is 1. The first kappa shape index (κ1) is 14.0. The lowest BCUT2D eigenvalue weighted by atomic mass is 10.3. The minimum Gasteiger partial charge on any atom is -0.339 e. The van der Waals surface area contributed by atoms with Crippen LogP contribution in [0.1, 0.15) is 12.6 Å². The van der Waals surface area contributed by atoms with Gasteiger partial charge < -0.3 is 10.2 Å². The Morgan fingerprint density at radius 1 is 1.47 bits per heavy atom. The third kappa shape index (κ3) is 3.78. The van der Waals surface area contributed by atoms with E-state index >= 15 is 0 Å². The van der Waals surface area contributed by atoms with Gasteiger partial charge in [0.05, 0.1) is 12.2 Å². The number of aromatic nitrogens is 2. The molecule has 1 N–H and O–H groups in total. The van der Waals surface area contributed by atoms with Crippen molar-refractivity contribution in [2.75, 3.05) is 39.8 Å². The maximum atomic E-state index is 12.1. The molecule has 0 unspecified atom stereocenters. The molecule has 6 heteroatoms. The molecule has 1 aliphatic heterocycles. The Morgan fingerprint density at radius 2 is 2.21 bits per heavy atom. The van der Waals surface area contributed by atoms with Gasteiger partial charge in [-0.2, -0.15) is 5.10 Å². The number of carbonyl (C=O) groups is 1. The summed E-state index contributed by atoms with van der Waals surface area (Å²) in [7, 11) is 1.98. The molecular weight excluding hydrogens is 242 g/mol. The van der Waals surface area contributed by atoms with Crippen molar-refractivity contribution in [1.29, 1.82) is 0 Å². The van der Waals surface area contributed by atoms with Crippen molar-refractivity contribution in [3.63, 3.8) is 0 Å². The van der Waals surface area contributed by atoms with Crippen molar-refractivity contribution < 1.29 is 4.79 Å². The second-order valence-electron chi connectivity index (χ2n) is 4.94. The second-order valence-corrected chi connectivity index (χ2v) is 4.94. The minimum absolute atomic E-state index is 0.214. The smallest absolute Gasteiger partial charge is 0.236 e. The Kier molecular flexibility index (Phi) is 4.93. The fourth-order valence-electron chi connectivity index (χ4n) is 2.36. The lowest BCUT2D eigenvalue weighted by Crippen LogP contribution is -2.49. The van der Waals surface area contributed by atoms with E-state index in [-0.39, 0.29) is 5.91 Å². The highest BCUT2D eigenvalue weighted by atomic mass is 16.2. The Bertz CT molecular complexity index is 411. The molecule has 2 rings (SSSR count). The van der Waals surface area contributed by atoms with Gasteiger partial charge >= 0.3 is 0 Å².